The summed E-state index contributed by atoms with van der Waals surface area (Å²) in [5.41, 5.74) is 0.804. The van der Waals surface area contributed by atoms with Crippen LogP contribution in [0.1, 0.15) is 0 Å². The van der Waals surface area contributed by atoms with E-state index in [1.54, 1.807) is 18.3 Å². The van der Waals surface area contributed by atoms with Crippen LogP contribution >= 0.6 is 11.3 Å². The predicted molar refractivity (Wildman–Crippen MR) is 48.6 cm³/mol. The van der Waals surface area contributed by atoms with Crippen molar-refractivity contribution in [2.75, 3.05) is 0 Å². The molecule has 13 heavy (non-hydrogen) atoms. The fourth-order valence-corrected chi connectivity index (χ4v) is 1.76. The Balaban J connectivity index is 2.39. The molecule has 0 saturated carbocycles. The zero-order valence-corrected chi connectivity index (χ0v) is 7.25. The van der Waals surface area contributed by atoms with Crippen molar-refractivity contribution in [1.82, 2.24) is 10.2 Å². The van der Waals surface area contributed by atoms with Crippen LogP contribution in [-0.2, 0) is 0 Å². The van der Waals surface area contributed by atoms with Gasteiger partial charge in [0.25, 0.3) is 0 Å². The summed E-state index contributed by atoms with van der Waals surface area (Å²) in [6.45, 7) is 0. The van der Waals surface area contributed by atoms with E-state index in [0.29, 0.717) is 0 Å². The monoisotopic (exact) mass is 195 g/mol. The number of thiophene rings is 1. The SMILES string of the molecule is O=[N+]([O-])c1ccc(-c2ccn[nH]2)s1. The molecule has 0 fully saturated rings. The van der Waals surface area contributed by atoms with E-state index in [9.17, 15) is 10.1 Å². The smallest absolute Gasteiger partial charge is 0.277 e. The molecular formula is C7H5N3O2S. The van der Waals surface area contributed by atoms with Gasteiger partial charge in [-0.15, -0.1) is 0 Å². The van der Waals surface area contributed by atoms with Crippen LogP contribution in [-0.4, -0.2) is 15.1 Å². The van der Waals surface area contributed by atoms with E-state index in [2.05, 4.69) is 10.2 Å². The summed E-state index contributed by atoms with van der Waals surface area (Å²) < 4.78 is 0. The lowest BCUT2D eigenvalue weighted by molar-refractivity contribution is -0.380. The second-order valence-electron chi connectivity index (χ2n) is 2.37. The van der Waals surface area contributed by atoms with Gasteiger partial charge in [0.2, 0.25) is 0 Å². The van der Waals surface area contributed by atoms with Gasteiger partial charge in [0.1, 0.15) is 0 Å². The van der Waals surface area contributed by atoms with Gasteiger partial charge in [0, 0.05) is 12.3 Å². The van der Waals surface area contributed by atoms with Gasteiger partial charge in [-0.2, -0.15) is 5.10 Å². The van der Waals surface area contributed by atoms with Gasteiger partial charge in [0.05, 0.1) is 15.5 Å². The largest absolute Gasteiger partial charge is 0.324 e. The maximum atomic E-state index is 10.4. The fraction of sp³-hybridized carbons (Fsp3) is 0. The Morgan fingerprint density at radius 3 is 2.85 bits per heavy atom. The molecule has 0 saturated heterocycles. The fourth-order valence-electron chi connectivity index (χ4n) is 0.964. The molecule has 2 heterocycles. The number of H-pyrrole nitrogens is 1. The van der Waals surface area contributed by atoms with Gasteiger partial charge in [0.15, 0.2) is 0 Å². The molecule has 0 aromatic carbocycles. The number of nitrogens with zero attached hydrogens (tertiary/aromatic N) is 2. The topological polar surface area (TPSA) is 71.8 Å². The minimum absolute atomic E-state index is 0.143. The zero-order chi connectivity index (χ0) is 9.26. The van der Waals surface area contributed by atoms with Crippen molar-refractivity contribution >= 4 is 16.3 Å². The molecule has 0 spiro atoms. The van der Waals surface area contributed by atoms with Crippen molar-refractivity contribution in [3.63, 3.8) is 0 Å². The van der Waals surface area contributed by atoms with Crippen LogP contribution in [0.25, 0.3) is 10.6 Å². The summed E-state index contributed by atoms with van der Waals surface area (Å²) in [6.07, 6.45) is 1.61. The standard InChI is InChI=1S/C7H5N3O2S/c11-10(12)7-2-1-6(13-7)5-3-4-8-9-5/h1-4H,(H,8,9). The lowest BCUT2D eigenvalue weighted by Gasteiger charge is -1.85. The molecule has 5 nitrogen and oxygen atoms in total. The molecule has 0 aliphatic rings. The number of rotatable bonds is 2. The molecule has 6 heteroatoms. The van der Waals surface area contributed by atoms with Gasteiger partial charge in [-0.25, -0.2) is 0 Å². The summed E-state index contributed by atoms with van der Waals surface area (Å²) in [5.74, 6) is 0. The van der Waals surface area contributed by atoms with Crippen LogP contribution in [0.15, 0.2) is 24.4 Å². The number of nitrogens with one attached hydrogen (secondary N) is 1. The highest BCUT2D eigenvalue weighted by molar-refractivity contribution is 7.18. The normalized spacial score (nSPS) is 10.2. The molecule has 0 aliphatic heterocycles. The summed E-state index contributed by atoms with van der Waals surface area (Å²) >= 11 is 1.13. The lowest BCUT2D eigenvalue weighted by atomic mass is 10.3. The van der Waals surface area contributed by atoms with Gasteiger partial charge in [-0.05, 0) is 12.1 Å². The predicted octanol–water partition coefficient (Wildman–Crippen LogP) is 2.05. The number of aromatic nitrogens is 2. The van der Waals surface area contributed by atoms with Crippen LogP contribution in [0.3, 0.4) is 0 Å². The molecule has 66 valence electrons. The van der Waals surface area contributed by atoms with Crippen LogP contribution in [0.2, 0.25) is 0 Å². The summed E-state index contributed by atoms with van der Waals surface area (Å²) in [6, 6.07) is 4.96. The average Bonchev–Trinajstić information content (AvgIpc) is 2.75. The number of nitro groups is 1. The van der Waals surface area contributed by atoms with Crippen molar-refractivity contribution in [3.8, 4) is 10.6 Å². The molecule has 0 radical (unpaired) electrons. The van der Waals surface area contributed by atoms with E-state index in [0.717, 1.165) is 21.9 Å². The van der Waals surface area contributed by atoms with Crippen LogP contribution in [0.5, 0.6) is 0 Å². The number of hydrogen-bond donors (Lipinski definition) is 1. The van der Waals surface area contributed by atoms with Gasteiger partial charge < -0.3 is 0 Å². The Morgan fingerprint density at radius 2 is 2.31 bits per heavy atom. The van der Waals surface area contributed by atoms with E-state index in [4.69, 9.17) is 0 Å². The van der Waals surface area contributed by atoms with Crippen LogP contribution in [0.4, 0.5) is 5.00 Å². The van der Waals surface area contributed by atoms with Crippen molar-refractivity contribution < 1.29 is 4.92 Å². The van der Waals surface area contributed by atoms with Crippen molar-refractivity contribution in [2.24, 2.45) is 0 Å². The summed E-state index contributed by atoms with van der Waals surface area (Å²) in [5, 5.41) is 17.0. The number of hydrogen-bond acceptors (Lipinski definition) is 4. The van der Waals surface area contributed by atoms with E-state index < -0.39 is 4.92 Å². The van der Waals surface area contributed by atoms with E-state index in [-0.39, 0.29) is 5.00 Å². The first-order valence-electron chi connectivity index (χ1n) is 3.51. The zero-order valence-electron chi connectivity index (χ0n) is 6.43. The first-order chi connectivity index (χ1) is 6.27. The Bertz CT molecular complexity index is 421. The molecule has 0 amide bonds. The summed E-state index contributed by atoms with van der Waals surface area (Å²) in [4.78, 5) is 10.8. The molecule has 0 atom stereocenters. The first kappa shape index (κ1) is 7.93. The van der Waals surface area contributed by atoms with Crippen molar-refractivity contribution in [3.05, 3.63) is 34.5 Å². The maximum Gasteiger partial charge on any atom is 0.324 e. The first-order valence-corrected chi connectivity index (χ1v) is 4.33. The average molecular weight is 195 g/mol. The van der Waals surface area contributed by atoms with Gasteiger partial charge in [-0.3, -0.25) is 15.2 Å². The molecule has 2 rings (SSSR count). The Morgan fingerprint density at radius 1 is 1.46 bits per heavy atom. The molecule has 2 aromatic heterocycles. The third kappa shape index (κ3) is 1.43. The minimum atomic E-state index is -0.398. The lowest BCUT2D eigenvalue weighted by Crippen LogP contribution is -1.80. The highest BCUT2D eigenvalue weighted by Gasteiger charge is 2.10. The quantitative estimate of drug-likeness (QED) is 0.588. The third-order valence-corrected chi connectivity index (χ3v) is 2.61. The van der Waals surface area contributed by atoms with E-state index in [1.165, 1.54) is 6.07 Å². The third-order valence-electron chi connectivity index (χ3n) is 1.54. The molecule has 0 unspecified atom stereocenters. The molecular weight excluding hydrogens is 190 g/mol. The highest BCUT2D eigenvalue weighted by Crippen LogP contribution is 2.30. The van der Waals surface area contributed by atoms with Gasteiger partial charge in [-0.1, -0.05) is 11.3 Å². The van der Waals surface area contributed by atoms with Gasteiger partial charge >= 0.3 is 5.00 Å². The maximum absolute atomic E-state index is 10.4. The second kappa shape index (κ2) is 2.98. The van der Waals surface area contributed by atoms with Crippen molar-refractivity contribution in [2.45, 2.75) is 0 Å². The molecule has 0 bridgehead atoms. The Kier molecular flexibility index (Phi) is 1.82. The van der Waals surface area contributed by atoms with E-state index in [1.807, 2.05) is 0 Å². The minimum Gasteiger partial charge on any atom is -0.277 e. The van der Waals surface area contributed by atoms with Crippen LogP contribution < -0.4 is 0 Å². The Hall–Kier alpha value is -1.69. The van der Waals surface area contributed by atoms with Crippen LogP contribution in [0, 0.1) is 10.1 Å². The molecule has 0 aliphatic carbocycles. The number of aromatic amines is 1. The molecule has 2 aromatic rings. The second-order valence-corrected chi connectivity index (χ2v) is 3.43. The van der Waals surface area contributed by atoms with E-state index >= 15 is 0 Å². The summed E-state index contributed by atoms with van der Waals surface area (Å²) in [7, 11) is 0. The highest BCUT2D eigenvalue weighted by atomic mass is 32.1. The Labute approximate surface area is 77.2 Å². The van der Waals surface area contributed by atoms with Crippen molar-refractivity contribution in [1.29, 1.82) is 0 Å². The molecule has 1 N–H and O–H groups in total.